The lowest BCUT2D eigenvalue weighted by atomic mass is 10.2. The molecule has 0 radical (unpaired) electrons. The average Bonchev–Trinajstić information content (AvgIpc) is 2.74. The summed E-state index contributed by atoms with van der Waals surface area (Å²) in [5.74, 6) is 0.00769. The Labute approximate surface area is 115 Å². The van der Waals surface area contributed by atoms with E-state index in [0.717, 1.165) is 49.3 Å². The lowest BCUT2D eigenvalue weighted by Gasteiger charge is -2.15. The molecule has 1 aromatic heterocycles. The number of carbonyl (C=O) groups is 1. The minimum atomic E-state index is -0.311. The molecule has 1 rings (SSSR count). The first-order chi connectivity index (χ1) is 9.06. The molecule has 3 N–H and O–H groups in total. The molecule has 0 spiro atoms. The molecule has 0 saturated heterocycles. The maximum Gasteiger partial charge on any atom is 0.244 e. The van der Waals surface area contributed by atoms with Crippen LogP contribution in [0.4, 0.5) is 5.69 Å². The summed E-state index contributed by atoms with van der Waals surface area (Å²) in [5, 5.41) is 7.42. The average molecular weight is 266 g/mol. The molecule has 0 aliphatic heterocycles. The Kier molecular flexibility index (Phi) is 5.86. The second-order valence-electron chi connectivity index (χ2n) is 4.78. The lowest BCUT2D eigenvalue weighted by molar-refractivity contribution is -0.124. The number of anilines is 1. The summed E-state index contributed by atoms with van der Waals surface area (Å²) in [5.41, 5.74) is 8.64. The first kappa shape index (κ1) is 15.5. The first-order valence-corrected chi connectivity index (χ1v) is 7.20. The molecule has 1 atom stereocenters. The maximum atomic E-state index is 12.1. The quantitative estimate of drug-likeness (QED) is 0.742. The van der Waals surface area contributed by atoms with E-state index in [1.165, 1.54) is 0 Å². The minimum absolute atomic E-state index is 0.00769. The topological polar surface area (TPSA) is 72.9 Å². The van der Waals surface area contributed by atoms with Gasteiger partial charge in [0.2, 0.25) is 5.91 Å². The third-order valence-electron chi connectivity index (χ3n) is 3.37. The van der Waals surface area contributed by atoms with Gasteiger partial charge in [0, 0.05) is 6.54 Å². The fourth-order valence-corrected chi connectivity index (χ4v) is 2.12. The van der Waals surface area contributed by atoms with Crippen molar-refractivity contribution in [3.63, 3.8) is 0 Å². The number of aryl methyl sites for hydroxylation is 1. The molecule has 1 aromatic rings. The Morgan fingerprint density at radius 2 is 2.05 bits per heavy atom. The molecule has 19 heavy (non-hydrogen) atoms. The van der Waals surface area contributed by atoms with Crippen LogP contribution in [0, 0.1) is 0 Å². The second-order valence-corrected chi connectivity index (χ2v) is 4.78. The highest BCUT2D eigenvalue weighted by molar-refractivity contribution is 5.80. The van der Waals surface area contributed by atoms with Gasteiger partial charge in [-0.1, -0.05) is 27.2 Å². The standard InChI is InChI=1S/C14H26N4O/c1-5-8-9-16-14(19)10(4)18-12(7-3)13(15)11(6-2)17-18/h10H,5-9,15H2,1-4H3,(H,16,19). The highest BCUT2D eigenvalue weighted by atomic mass is 16.2. The number of hydrogen-bond donors (Lipinski definition) is 2. The molecule has 1 heterocycles. The number of rotatable bonds is 7. The fraction of sp³-hybridized carbons (Fsp3) is 0.714. The number of nitrogens with one attached hydrogen (secondary N) is 1. The monoisotopic (exact) mass is 266 g/mol. The summed E-state index contributed by atoms with van der Waals surface area (Å²) < 4.78 is 1.77. The summed E-state index contributed by atoms with van der Waals surface area (Å²) in [6.45, 7) is 8.75. The van der Waals surface area contributed by atoms with Crippen LogP contribution in [0.25, 0.3) is 0 Å². The van der Waals surface area contributed by atoms with Crippen molar-refractivity contribution in [1.29, 1.82) is 0 Å². The molecule has 5 heteroatoms. The van der Waals surface area contributed by atoms with Gasteiger partial charge in [-0.2, -0.15) is 5.10 Å². The molecule has 0 aromatic carbocycles. The Balaban J connectivity index is 2.86. The van der Waals surface area contributed by atoms with Crippen molar-refractivity contribution in [1.82, 2.24) is 15.1 Å². The molecular formula is C14H26N4O. The zero-order chi connectivity index (χ0) is 14.4. The Morgan fingerprint density at radius 1 is 1.37 bits per heavy atom. The summed E-state index contributed by atoms with van der Waals surface area (Å²) in [4.78, 5) is 12.1. The Bertz CT molecular complexity index is 425. The van der Waals surface area contributed by atoms with Gasteiger partial charge in [0.15, 0.2) is 0 Å². The smallest absolute Gasteiger partial charge is 0.244 e. The normalized spacial score (nSPS) is 12.4. The van der Waals surface area contributed by atoms with E-state index in [1.807, 2.05) is 20.8 Å². The van der Waals surface area contributed by atoms with Crippen LogP contribution >= 0.6 is 0 Å². The molecule has 5 nitrogen and oxygen atoms in total. The van der Waals surface area contributed by atoms with Crippen LogP contribution in [-0.2, 0) is 17.6 Å². The molecule has 1 amide bonds. The summed E-state index contributed by atoms with van der Waals surface area (Å²) in [7, 11) is 0. The molecule has 0 aliphatic carbocycles. The summed E-state index contributed by atoms with van der Waals surface area (Å²) >= 11 is 0. The van der Waals surface area contributed by atoms with Crippen LogP contribution in [0.5, 0.6) is 0 Å². The van der Waals surface area contributed by atoms with E-state index in [4.69, 9.17) is 5.73 Å². The van der Waals surface area contributed by atoms with Gasteiger partial charge in [-0.15, -0.1) is 0 Å². The first-order valence-electron chi connectivity index (χ1n) is 7.20. The largest absolute Gasteiger partial charge is 0.396 e. The lowest BCUT2D eigenvalue weighted by Crippen LogP contribution is -2.32. The number of hydrogen-bond acceptors (Lipinski definition) is 3. The Hall–Kier alpha value is -1.52. The molecule has 108 valence electrons. The van der Waals surface area contributed by atoms with Crippen molar-refractivity contribution in [2.45, 2.75) is 59.4 Å². The molecule has 0 fully saturated rings. The number of nitrogen functional groups attached to an aromatic ring is 1. The van der Waals surface area contributed by atoms with Crippen LogP contribution in [0.15, 0.2) is 0 Å². The summed E-state index contributed by atoms with van der Waals surface area (Å²) in [6.07, 6.45) is 3.64. The SMILES string of the molecule is CCCCNC(=O)C(C)n1nc(CC)c(N)c1CC. The van der Waals surface area contributed by atoms with E-state index in [-0.39, 0.29) is 11.9 Å². The zero-order valence-corrected chi connectivity index (χ0v) is 12.5. The van der Waals surface area contributed by atoms with Crippen molar-refractivity contribution in [3.05, 3.63) is 11.4 Å². The van der Waals surface area contributed by atoms with Gasteiger partial charge in [0.25, 0.3) is 0 Å². The fourth-order valence-electron chi connectivity index (χ4n) is 2.12. The van der Waals surface area contributed by atoms with Crippen molar-refractivity contribution >= 4 is 11.6 Å². The van der Waals surface area contributed by atoms with Gasteiger partial charge in [-0.25, -0.2) is 0 Å². The van der Waals surface area contributed by atoms with E-state index in [2.05, 4.69) is 17.3 Å². The van der Waals surface area contributed by atoms with E-state index in [9.17, 15) is 4.79 Å². The molecule has 0 bridgehead atoms. The molecule has 0 saturated carbocycles. The van der Waals surface area contributed by atoms with Gasteiger partial charge in [0.1, 0.15) is 6.04 Å². The molecular weight excluding hydrogens is 240 g/mol. The predicted octanol–water partition coefficient (Wildman–Crippen LogP) is 2.07. The molecule has 1 unspecified atom stereocenters. The van der Waals surface area contributed by atoms with E-state index >= 15 is 0 Å². The number of aromatic nitrogens is 2. The van der Waals surface area contributed by atoms with Gasteiger partial charge in [-0.05, 0) is 26.2 Å². The van der Waals surface area contributed by atoms with Crippen LogP contribution in [0.2, 0.25) is 0 Å². The number of nitrogens with two attached hydrogens (primary N) is 1. The van der Waals surface area contributed by atoms with Gasteiger partial charge < -0.3 is 11.1 Å². The van der Waals surface area contributed by atoms with Crippen LogP contribution in [0.3, 0.4) is 0 Å². The van der Waals surface area contributed by atoms with Crippen molar-refractivity contribution in [3.8, 4) is 0 Å². The third-order valence-corrected chi connectivity index (χ3v) is 3.37. The molecule has 0 aliphatic rings. The zero-order valence-electron chi connectivity index (χ0n) is 12.5. The minimum Gasteiger partial charge on any atom is -0.396 e. The van der Waals surface area contributed by atoms with E-state index in [1.54, 1.807) is 4.68 Å². The van der Waals surface area contributed by atoms with E-state index < -0.39 is 0 Å². The Morgan fingerprint density at radius 3 is 2.58 bits per heavy atom. The number of carbonyl (C=O) groups excluding carboxylic acids is 1. The highest BCUT2D eigenvalue weighted by Crippen LogP contribution is 2.22. The predicted molar refractivity (Wildman–Crippen MR) is 78.0 cm³/mol. The summed E-state index contributed by atoms with van der Waals surface area (Å²) in [6, 6.07) is -0.311. The van der Waals surface area contributed by atoms with Crippen molar-refractivity contribution in [2.75, 3.05) is 12.3 Å². The third kappa shape index (κ3) is 3.49. The number of amides is 1. The van der Waals surface area contributed by atoms with Crippen LogP contribution in [0.1, 0.15) is 58.0 Å². The highest BCUT2D eigenvalue weighted by Gasteiger charge is 2.21. The van der Waals surface area contributed by atoms with Crippen molar-refractivity contribution < 1.29 is 4.79 Å². The van der Waals surface area contributed by atoms with Crippen LogP contribution < -0.4 is 11.1 Å². The maximum absolute atomic E-state index is 12.1. The van der Waals surface area contributed by atoms with Crippen LogP contribution in [-0.4, -0.2) is 22.2 Å². The van der Waals surface area contributed by atoms with Crippen molar-refractivity contribution in [2.24, 2.45) is 0 Å². The second kappa shape index (κ2) is 7.16. The van der Waals surface area contributed by atoms with Gasteiger partial charge >= 0.3 is 0 Å². The van der Waals surface area contributed by atoms with Gasteiger partial charge in [0.05, 0.1) is 17.1 Å². The van der Waals surface area contributed by atoms with Gasteiger partial charge in [-0.3, -0.25) is 9.48 Å². The van der Waals surface area contributed by atoms with E-state index in [0.29, 0.717) is 0 Å². The number of unbranched alkanes of at least 4 members (excludes halogenated alkanes) is 1. The number of nitrogens with zero attached hydrogens (tertiary/aromatic N) is 2.